The van der Waals surface area contributed by atoms with Crippen molar-refractivity contribution in [3.8, 4) is 11.5 Å². The number of hydrogen-bond donors (Lipinski definition) is 0. The van der Waals surface area contributed by atoms with Crippen LogP contribution in [0.2, 0.25) is 0 Å². The van der Waals surface area contributed by atoms with Crippen molar-refractivity contribution in [3.63, 3.8) is 0 Å². The van der Waals surface area contributed by atoms with Crippen molar-refractivity contribution < 1.29 is 19.1 Å². The zero-order valence-corrected chi connectivity index (χ0v) is 25.1. The van der Waals surface area contributed by atoms with Crippen molar-refractivity contribution in [2.24, 2.45) is 0 Å². The Morgan fingerprint density at radius 3 is 2.38 bits per heavy atom. The molecule has 0 spiro atoms. The number of benzene rings is 4. The predicted molar refractivity (Wildman–Crippen MR) is 166 cm³/mol. The highest BCUT2D eigenvalue weighted by atomic mass is 79.9. The van der Waals surface area contributed by atoms with Gasteiger partial charge in [0.05, 0.1) is 11.4 Å². The molecule has 1 aliphatic heterocycles. The quantitative estimate of drug-likeness (QED) is 0.147. The second-order valence-electron chi connectivity index (χ2n) is 10.6. The van der Waals surface area contributed by atoms with Crippen molar-refractivity contribution >= 4 is 55.7 Å². The SMILES string of the molecule is CC(C)(C)c1ccc(OCCOc2cc(Br)ccc2/C=C2\SC(=O)N(Cc3cccc4ccccc34)C2=O)cc1. The van der Waals surface area contributed by atoms with Crippen LogP contribution in [0, 0.1) is 0 Å². The molecule has 0 atom stereocenters. The highest BCUT2D eigenvalue weighted by Gasteiger charge is 2.35. The second-order valence-corrected chi connectivity index (χ2v) is 12.5. The first-order valence-corrected chi connectivity index (χ1v) is 14.7. The fourth-order valence-corrected chi connectivity index (χ4v) is 5.66. The summed E-state index contributed by atoms with van der Waals surface area (Å²) in [6.07, 6.45) is 1.72. The minimum Gasteiger partial charge on any atom is -0.490 e. The molecule has 1 heterocycles. The lowest BCUT2D eigenvalue weighted by Crippen LogP contribution is -2.27. The summed E-state index contributed by atoms with van der Waals surface area (Å²) in [7, 11) is 0. The minimum atomic E-state index is -0.307. The molecule has 0 unspecified atom stereocenters. The molecule has 7 heteroatoms. The number of ether oxygens (including phenoxy) is 2. The highest BCUT2D eigenvalue weighted by molar-refractivity contribution is 9.10. The third kappa shape index (κ3) is 6.43. The molecule has 204 valence electrons. The predicted octanol–water partition coefficient (Wildman–Crippen LogP) is 8.59. The Balaban J connectivity index is 1.26. The summed E-state index contributed by atoms with van der Waals surface area (Å²) >= 11 is 4.45. The first-order chi connectivity index (χ1) is 19.2. The van der Waals surface area contributed by atoms with Gasteiger partial charge in [-0.25, -0.2) is 0 Å². The van der Waals surface area contributed by atoms with Gasteiger partial charge in [0.15, 0.2) is 0 Å². The Kier molecular flexibility index (Phi) is 8.33. The number of imide groups is 1. The normalized spacial score (nSPS) is 14.8. The molecule has 5 nitrogen and oxygen atoms in total. The van der Waals surface area contributed by atoms with Crippen LogP contribution in [-0.4, -0.2) is 29.3 Å². The van der Waals surface area contributed by atoms with E-state index in [2.05, 4.69) is 48.8 Å². The van der Waals surface area contributed by atoms with Crippen LogP contribution < -0.4 is 9.47 Å². The van der Waals surface area contributed by atoms with Crippen molar-refractivity contribution in [3.05, 3.63) is 111 Å². The molecule has 0 aliphatic carbocycles. The molecular weight excluding hydrogens is 586 g/mol. The van der Waals surface area contributed by atoms with Crippen molar-refractivity contribution in [1.29, 1.82) is 0 Å². The molecule has 0 aromatic heterocycles. The summed E-state index contributed by atoms with van der Waals surface area (Å²) in [5, 5.41) is 1.82. The number of amides is 2. The standard InChI is InChI=1S/C33H30BrNO4S/c1-33(2,3)25-12-15-27(16-13-25)38-17-18-39-29-20-26(34)14-11-23(29)19-30-31(36)35(32(37)40-30)21-24-9-6-8-22-7-4-5-10-28(22)24/h4-16,19-20H,17-18,21H2,1-3H3/b30-19-. The van der Waals surface area contributed by atoms with Crippen molar-refractivity contribution in [2.45, 2.75) is 32.7 Å². The molecule has 0 bridgehead atoms. The van der Waals surface area contributed by atoms with Crippen LogP contribution in [0.1, 0.15) is 37.5 Å². The molecule has 1 saturated heterocycles. The Bertz CT molecular complexity index is 1590. The van der Waals surface area contributed by atoms with Crippen LogP contribution in [0.3, 0.4) is 0 Å². The van der Waals surface area contributed by atoms with E-state index in [0.29, 0.717) is 29.4 Å². The fraction of sp³-hybridized carbons (Fsp3) is 0.212. The molecule has 2 amide bonds. The fourth-order valence-electron chi connectivity index (χ4n) is 4.49. The summed E-state index contributed by atoms with van der Waals surface area (Å²) in [6.45, 7) is 7.44. The van der Waals surface area contributed by atoms with E-state index in [4.69, 9.17) is 9.47 Å². The Labute approximate surface area is 247 Å². The van der Waals surface area contributed by atoms with Crippen molar-refractivity contribution in [1.82, 2.24) is 4.90 Å². The lowest BCUT2D eigenvalue weighted by atomic mass is 9.87. The summed E-state index contributed by atoms with van der Waals surface area (Å²) in [5.74, 6) is 1.08. The van der Waals surface area contributed by atoms with E-state index in [1.807, 2.05) is 72.8 Å². The molecule has 5 rings (SSSR count). The van der Waals surface area contributed by atoms with Gasteiger partial charge >= 0.3 is 0 Å². The monoisotopic (exact) mass is 615 g/mol. The van der Waals surface area contributed by atoms with Gasteiger partial charge in [0.1, 0.15) is 24.7 Å². The number of rotatable bonds is 8. The van der Waals surface area contributed by atoms with Gasteiger partial charge in [0, 0.05) is 10.0 Å². The summed E-state index contributed by atoms with van der Waals surface area (Å²) in [5.41, 5.74) is 2.98. The van der Waals surface area contributed by atoms with Crippen molar-refractivity contribution in [2.75, 3.05) is 13.2 Å². The van der Waals surface area contributed by atoms with Gasteiger partial charge in [-0.2, -0.15) is 0 Å². The number of carbonyl (C=O) groups is 2. The smallest absolute Gasteiger partial charge is 0.293 e. The van der Waals surface area contributed by atoms with E-state index in [9.17, 15) is 9.59 Å². The third-order valence-electron chi connectivity index (χ3n) is 6.67. The lowest BCUT2D eigenvalue weighted by molar-refractivity contribution is -0.123. The number of hydrogen-bond acceptors (Lipinski definition) is 5. The summed E-state index contributed by atoms with van der Waals surface area (Å²) in [4.78, 5) is 27.8. The molecular formula is C33H30BrNO4S. The average molecular weight is 617 g/mol. The van der Waals surface area contributed by atoms with Gasteiger partial charge in [-0.15, -0.1) is 0 Å². The maximum absolute atomic E-state index is 13.3. The van der Waals surface area contributed by atoms with Gasteiger partial charge in [-0.1, -0.05) is 97.4 Å². The van der Waals surface area contributed by atoms with Gasteiger partial charge in [-0.05, 0) is 69.4 Å². The second kappa shape index (κ2) is 11.9. The van der Waals surface area contributed by atoms with Gasteiger partial charge in [0.2, 0.25) is 0 Å². The highest BCUT2D eigenvalue weighted by Crippen LogP contribution is 2.36. The minimum absolute atomic E-state index is 0.0871. The maximum atomic E-state index is 13.3. The lowest BCUT2D eigenvalue weighted by Gasteiger charge is -2.19. The molecule has 0 radical (unpaired) electrons. The third-order valence-corrected chi connectivity index (χ3v) is 8.07. The van der Waals surface area contributed by atoms with E-state index in [-0.39, 0.29) is 23.1 Å². The van der Waals surface area contributed by atoms with Gasteiger partial charge in [-0.3, -0.25) is 14.5 Å². The number of halogens is 1. The average Bonchev–Trinajstić information content (AvgIpc) is 3.19. The van der Waals surface area contributed by atoms with Crippen LogP contribution in [0.15, 0.2) is 94.3 Å². The molecule has 1 fully saturated rings. The van der Waals surface area contributed by atoms with Gasteiger partial charge in [0.25, 0.3) is 11.1 Å². The summed E-state index contributed by atoms with van der Waals surface area (Å²) < 4.78 is 12.8. The number of fused-ring (bicyclic) bond motifs is 1. The van der Waals surface area contributed by atoms with Crippen LogP contribution in [-0.2, 0) is 16.8 Å². The van der Waals surface area contributed by atoms with E-state index in [1.165, 1.54) is 10.5 Å². The largest absolute Gasteiger partial charge is 0.490 e. The Hall–Kier alpha value is -3.55. The number of carbonyl (C=O) groups excluding carboxylic acids is 2. The molecule has 0 saturated carbocycles. The van der Waals surface area contributed by atoms with E-state index in [1.54, 1.807) is 6.08 Å². The van der Waals surface area contributed by atoms with Crippen LogP contribution in [0.5, 0.6) is 11.5 Å². The molecule has 40 heavy (non-hydrogen) atoms. The Morgan fingerprint density at radius 1 is 0.875 bits per heavy atom. The zero-order valence-electron chi connectivity index (χ0n) is 22.6. The topological polar surface area (TPSA) is 55.8 Å². The van der Waals surface area contributed by atoms with Gasteiger partial charge < -0.3 is 9.47 Å². The zero-order chi connectivity index (χ0) is 28.3. The van der Waals surface area contributed by atoms with E-state index in [0.717, 1.165) is 38.3 Å². The first-order valence-electron chi connectivity index (χ1n) is 13.1. The first kappa shape index (κ1) is 28.0. The van der Waals surface area contributed by atoms with Crippen LogP contribution >= 0.6 is 27.7 Å². The van der Waals surface area contributed by atoms with Crippen LogP contribution in [0.25, 0.3) is 16.8 Å². The molecule has 0 N–H and O–H groups in total. The van der Waals surface area contributed by atoms with Crippen LogP contribution in [0.4, 0.5) is 4.79 Å². The number of thioether (sulfide) groups is 1. The molecule has 1 aliphatic rings. The van der Waals surface area contributed by atoms with E-state index >= 15 is 0 Å². The maximum Gasteiger partial charge on any atom is 0.293 e. The molecule has 4 aromatic carbocycles. The van der Waals surface area contributed by atoms with E-state index < -0.39 is 0 Å². The Morgan fingerprint density at radius 2 is 1.60 bits per heavy atom. The summed E-state index contributed by atoms with van der Waals surface area (Å²) in [6, 6.07) is 27.6. The number of nitrogens with zero attached hydrogens (tertiary/aromatic N) is 1. The molecule has 4 aromatic rings.